The minimum atomic E-state index is -0.270. The molecule has 78 valence electrons. The summed E-state index contributed by atoms with van der Waals surface area (Å²) in [5.74, 6) is -0.317. The number of rotatable bonds is 4. The fourth-order valence-electron chi connectivity index (χ4n) is 0.620. The van der Waals surface area contributed by atoms with Crippen molar-refractivity contribution in [2.24, 2.45) is 0 Å². The number of esters is 1. The van der Waals surface area contributed by atoms with E-state index in [0.717, 1.165) is 0 Å². The summed E-state index contributed by atoms with van der Waals surface area (Å²) >= 11 is 3.53. The van der Waals surface area contributed by atoms with E-state index in [9.17, 15) is 9.59 Å². The highest BCUT2D eigenvalue weighted by atomic mass is 32.1. The largest absolute Gasteiger partial charge is 0.469 e. The van der Waals surface area contributed by atoms with Crippen molar-refractivity contribution < 1.29 is 14.3 Å². The summed E-state index contributed by atoms with van der Waals surface area (Å²) in [6, 6.07) is 0. The third-order valence-corrected chi connectivity index (χ3v) is 1.29. The van der Waals surface area contributed by atoms with E-state index in [2.05, 4.69) is 22.7 Å². The Morgan fingerprint density at radius 3 is 2.23 bits per heavy atom. The topological polar surface area (TPSA) is 55.4 Å². The normalized spacial score (nSPS) is 8.00. The number of methoxy groups -OCH3 is 1. The number of nitrogens with one attached hydrogen (secondary N) is 1. The maximum absolute atomic E-state index is 10.6. The molecule has 0 fully saturated rings. The lowest BCUT2D eigenvalue weighted by atomic mass is 10.2. The lowest BCUT2D eigenvalue weighted by molar-refractivity contribution is -0.140. The molecule has 0 spiro atoms. The number of ether oxygens (including phenoxy) is 1. The highest BCUT2D eigenvalue weighted by Gasteiger charge is 2.02. The molecule has 0 bridgehead atoms. The number of thiol groups is 1. The summed E-state index contributed by atoms with van der Waals surface area (Å²) in [7, 11) is 2.91. The monoisotopic (exact) mass is 207 g/mol. The van der Waals surface area contributed by atoms with Crippen LogP contribution in [0.15, 0.2) is 0 Å². The molecular weight excluding hydrogens is 190 g/mol. The summed E-state index contributed by atoms with van der Waals surface area (Å²) in [5, 5.41) is 2.47. The predicted octanol–water partition coefficient (Wildman–Crippen LogP) is 0.622. The van der Waals surface area contributed by atoms with Gasteiger partial charge in [0.05, 0.1) is 7.11 Å². The Hall–Kier alpha value is -0.710. The van der Waals surface area contributed by atoms with Crippen LogP contribution in [0.25, 0.3) is 0 Å². The van der Waals surface area contributed by atoms with Gasteiger partial charge in [-0.05, 0) is 12.7 Å². The zero-order valence-electron chi connectivity index (χ0n) is 8.29. The van der Waals surface area contributed by atoms with Gasteiger partial charge < -0.3 is 10.1 Å². The fourth-order valence-corrected chi connectivity index (χ4v) is 0.620. The molecule has 0 aliphatic rings. The molecule has 0 saturated carbocycles. The lowest BCUT2D eigenvalue weighted by Gasteiger charge is -1.98. The highest BCUT2D eigenvalue weighted by molar-refractivity contribution is 7.79. The van der Waals surface area contributed by atoms with Gasteiger partial charge in [-0.15, -0.1) is 0 Å². The first-order valence-corrected chi connectivity index (χ1v) is 4.82. The van der Waals surface area contributed by atoms with Crippen molar-refractivity contribution in [1.82, 2.24) is 5.32 Å². The zero-order chi connectivity index (χ0) is 10.7. The molecule has 1 amide bonds. The molecule has 0 aliphatic heterocycles. The van der Waals surface area contributed by atoms with Crippen LogP contribution in [-0.4, -0.2) is 32.3 Å². The Labute approximate surface area is 84.4 Å². The van der Waals surface area contributed by atoms with E-state index >= 15 is 0 Å². The second kappa shape index (κ2) is 11.3. The maximum Gasteiger partial charge on any atom is 0.305 e. The molecule has 0 unspecified atom stereocenters. The van der Waals surface area contributed by atoms with Crippen LogP contribution >= 0.6 is 12.6 Å². The Morgan fingerprint density at radius 2 is 1.85 bits per heavy atom. The number of amides is 1. The SMILES string of the molecule is CNC(=O)CCCC(=O)OC.CS. The molecule has 0 atom stereocenters. The van der Waals surface area contributed by atoms with Crippen LogP contribution in [0.4, 0.5) is 0 Å². The van der Waals surface area contributed by atoms with E-state index in [1.54, 1.807) is 13.3 Å². The van der Waals surface area contributed by atoms with Gasteiger partial charge in [-0.2, -0.15) is 12.6 Å². The Balaban J connectivity index is 0. The molecule has 0 aromatic heterocycles. The number of hydrogen-bond donors (Lipinski definition) is 2. The van der Waals surface area contributed by atoms with E-state index in [0.29, 0.717) is 19.3 Å². The lowest BCUT2D eigenvalue weighted by Crippen LogP contribution is -2.17. The third kappa shape index (κ3) is 11.3. The van der Waals surface area contributed by atoms with Crippen molar-refractivity contribution in [2.45, 2.75) is 19.3 Å². The fraction of sp³-hybridized carbons (Fsp3) is 0.750. The molecule has 0 aliphatic carbocycles. The minimum absolute atomic E-state index is 0.0473. The van der Waals surface area contributed by atoms with Crippen molar-refractivity contribution in [1.29, 1.82) is 0 Å². The van der Waals surface area contributed by atoms with Gasteiger partial charge in [0.25, 0.3) is 0 Å². The average molecular weight is 207 g/mol. The first-order valence-electron chi connectivity index (χ1n) is 3.92. The molecule has 1 N–H and O–H groups in total. The van der Waals surface area contributed by atoms with Crippen LogP contribution in [0.1, 0.15) is 19.3 Å². The standard InChI is InChI=1S/C7H13NO3.CH4S/c1-8-6(9)4-3-5-7(10)11-2;1-2/h3-5H2,1-2H3,(H,8,9);2H,1H3. The van der Waals surface area contributed by atoms with Crippen LogP contribution in [0.3, 0.4) is 0 Å². The molecule has 5 heteroatoms. The van der Waals surface area contributed by atoms with Crippen molar-refractivity contribution in [3.63, 3.8) is 0 Å². The van der Waals surface area contributed by atoms with Crippen LogP contribution < -0.4 is 5.32 Å². The summed E-state index contributed by atoms with van der Waals surface area (Å²) in [5.41, 5.74) is 0. The summed E-state index contributed by atoms with van der Waals surface area (Å²) in [6.45, 7) is 0. The van der Waals surface area contributed by atoms with Gasteiger partial charge in [0.15, 0.2) is 0 Å². The molecular formula is C8H17NO3S. The molecule has 0 radical (unpaired) electrons. The summed E-state index contributed by atoms with van der Waals surface area (Å²) < 4.78 is 4.40. The molecule has 0 rings (SSSR count). The van der Waals surface area contributed by atoms with E-state index in [1.165, 1.54) is 7.11 Å². The number of carbonyl (C=O) groups is 2. The molecule has 0 aromatic rings. The van der Waals surface area contributed by atoms with Crippen LogP contribution in [0, 0.1) is 0 Å². The number of hydrogen-bond acceptors (Lipinski definition) is 4. The average Bonchev–Trinajstić information content (AvgIpc) is 2.20. The van der Waals surface area contributed by atoms with E-state index in [-0.39, 0.29) is 11.9 Å². The molecule has 13 heavy (non-hydrogen) atoms. The van der Waals surface area contributed by atoms with E-state index in [4.69, 9.17) is 0 Å². The van der Waals surface area contributed by atoms with Gasteiger partial charge in [-0.3, -0.25) is 9.59 Å². The predicted molar refractivity (Wildman–Crippen MR) is 54.8 cm³/mol. The van der Waals surface area contributed by atoms with Gasteiger partial charge in [-0.1, -0.05) is 0 Å². The molecule has 0 aromatic carbocycles. The van der Waals surface area contributed by atoms with Gasteiger partial charge in [-0.25, -0.2) is 0 Å². The van der Waals surface area contributed by atoms with Crippen molar-refractivity contribution in [3.8, 4) is 0 Å². The Morgan fingerprint density at radius 1 is 1.31 bits per heavy atom. The Kier molecular flexibility index (Phi) is 12.8. The maximum atomic E-state index is 10.6. The minimum Gasteiger partial charge on any atom is -0.469 e. The highest BCUT2D eigenvalue weighted by Crippen LogP contribution is 1.96. The van der Waals surface area contributed by atoms with E-state index in [1.807, 2.05) is 0 Å². The van der Waals surface area contributed by atoms with Crippen molar-refractivity contribution in [2.75, 3.05) is 20.4 Å². The first kappa shape index (κ1) is 14.8. The van der Waals surface area contributed by atoms with E-state index < -0.39 is 0 Å². The van der Waals surface area contributed by atoms with Crippen LogP contribution in [0.5, 0.6) is 0 Å². The Bertz CT molecular complexity index is 134. The zero-order valence-corrected chi connectivity index (χ0v) is 9.19. The third-order valence-electron chi connectivity index (χ3n) is 1.29. The van der Waals surface area contributed by atoms with Crippen LogP contribution in [-0.2, 0) is 14.3 Å². The summed E-state index contributed by atoms with van der Waals surface area (Å²) in [4.78, 5) is 21.1. The van der Waals surface area contributed by atoms with Crippen molar-refractivity contribution in [3.05, 3.63) is 0 Å². The van der Waals surface area contributed by atoms with Gasteiger partial charge in [0.1, 0.15) is 0 Å². The van der Waals surface area contributed by atoms with Crippen molar-refractivity contribution >= 4 is 24.5 Å². The summed E-state index contributed by atoms with van der Waals surface area (Å²) in [6.07, 6.45) is 2.93. The quantitative estimate of drug-likeness (QED) is 0.525. The number of carbonyl (C=O) groups excluding carboxylic acids is 2. The van der Waals surface area contributed by atoms with Crippen LogP contribution in [0.2, 0.25) is 0 Å². The second-order valence-electron chi connectivity index (χ2n) is 2.10. The molecule has 0 saturated heterocycles. The van der Waals surface area contributed by atoms with Gasteiger partial charge in [0.2, 0.25) is 5.91 Å². The van der Waals surface area contributed by atoms with Gasteiger partial charge in [0, 0.05) is 19.9 Å². The first-order chi connectivity index (χ1) is 6.20. The second-order valence-corrected chi connectivity index (χ2v) is 2.10. The smallest absolute Gasteiger partial charge is 0.305 e. The molecule has 4 nitrogen and oxygen atoms in total. The molecule has 0 heterocycles. The van der Waals surface area contributed by atoms with Gasteiger partial charge >= 0.3 is 5.97 Å².